The number of carbonyl (C=O) groups is 1. The highest BCUT2D eigenvalue weighted by atomic mass is 16.6. The molecule has 0 spiro atoms. The summed E-state index contributed by atoms with van der Waals surface area (Å²) in [6, 6.07) is 0.306. The lowest BCUT2D eigenvalue weighted by molar-refractivity contribution is -0.0853. The number of carbonyl (C=O) groups excluding carboxylic acids is 1. The van der Waals surface area contributed by atoms with Gasteiger partial charge in [0.05, 0.1) is 25.9 Å². The van der Waals surface area contributed by atoms with Crippen molar-refractivity contribution in [3.8, 4) is 0 Å². The Kier molecular flexibility index (Phi) is 3.21. The van der Waals surface area contributed by atoms with Crippen molar-refractivity contribution in [1.29, 1.82) is 0 Å². The summed E-state index contributed by atoms with van der Waals surface area (Å²) in [4.78, 5) is 11.2. The molecule has 1 aliphatic heterocycles. The first kappa shape index (κ1) is 9.73. The Morgan fingerprint density at radius 1 is 1.36 bits per heavy atom. The summed E-state index contributed by atoms with van der Waals surface area (Å²) in [5.74, 6) is 0. The highest BCUT2D eigenvalue weighted by Crippen LogP contribution is 2.18. The van der Waals surface area contributed by atoms with Gasteiger partial charge in [0.2, 0.25) is 0 Å². The zero-order valence-corrected chi connectivity index (χ0v) is 8.12. The van der Waals surface area contributed by atoms with Gasteiger partial charge in [-0.1, -0.05) is 0 Å². The molecule has 2 amide bonds. The van der Waals surface area contributed by atoms with Crippen molar-refractivity contribution in [3.63, 3.8) is 0 Å². The van der Waals surface area contributed by atoms with Crippen molar-refractivity contribution in [3.05, 3.63) is 0 Å². The van der Waals surface area contributed by atoms with Crippen molar-refractivity contribution in [2.24, 2.45) is 0 Å². The Morgan fingerprint density at radius 2 is 2.21 bits per heavy atom. The van der Waals surface area contributed by atoms with E-state index < -0.39 is 0 Å². The van der Waals surface area contributed by atoms with Gasteiger partial charge in [-0.3, -0.25) is 0 Å². The highest BCUT2D eigenvalue weighted by molar-refractivity contribution is 5.74. The maximum Gasteiger partial charge on any atom is 0.315 e. The Labute approximate surface area is 83.1 Å². The number of hydrogen-bond donors (Lipinski definition) is 2. The fourth-order valence-electron chi connectivity index (χ4n) is 1.33. The summed E-state index contributed by atoms with van der Waals surface area (Å²) in [5, 5.41) is 5.62. The summed E-state index contributed by atoms with van der Waals surface area (Å²) in [6.45, 7) is 2.38. The third-order valence-corrected chi connectivity index (χ3v) is 2.29. The van der Waals surface area contributed by atoms with Crippen LogP contribution in [0.4, 0.5) is 4.79 Å². The van der Waals surface area contributed by atoms with Crippen LogP contribution in [0.5, 0.6) is 0 Å². The van der Waals surface area contributed by atoms with E-state index in [1.165, 1.54) is 0 Å². The second-order valence-electron chi connectivity index (χ2n) is 3.70. The van der Waals surface area contributed by atoms with E-state index in [0.29, 0.717) is 32.4 Å². The Balaban J connectivity index is 1.57. The maximum absolute atomic E-state index is 11.2. The van der Waals surface area contributed by atoms with E-state index in [4.69, 9.17) is 9.47 Å². The van der Waals surface area contributed by atoms with Crippen LogP contribution in [-0.4, -0.2) is 44.5 Å². The molecule has 0 bridgehead atoms. The Morgan fingerprint density at radius 3 is 2.86 bits per heavy atom. The fourth-order valence-corrected chi connectivity index (χ4v) is 1.33. The normalized spacial score (nSPS) is 27.0. The van der Waals surface area contributed by atoms with Crippen molar-refractivity contribution >= 4 is 6.03 Å². The average Bonchev–Trinajstić information content (AvgIpc) is 3.00. The summed E-state index contributed by atoms with van der Waals surface area (Å²) in [7, 11) is 0. The van der Waals surface area contributed by atoms with E-state index in [-0.39, 0.29) is 12.1 Å². The lowest BCUT2D eigenvalue weighted by Crippen LogP contribution is -2.44. The minimum Gasteiger partial charge on any atom is -0.376 e. The SMILES string of the molecule is O=C(NCC1COCCO1)NC1CC1. The molecule has 0 aromatic carbocycles. The third-order valence-electron chi connectivity index (χ3n) is 2.29. The molecule has 2 fully saturated rings. The molecule has 1 unspecified atom stereocenters. The van der Waals surface area contributed by atoms with Crippen LogP contribution < -0.4 is 10.6 Å². The largest absolute Gasteiger partial charge is 0.376 e. The molecule has 0 radical (unpaired) electrons. The van der Waals surface area contributed by atoms with Crippen LogP contribution in [-0.2, 0) is 9.47 Å². The lowest BCUT2D eigenvalue weighted by atomic mass is 10.3. The molecular weight excluding hydrogens is 184 g/mol. The van der Waals surface area contributed by atoms with Crippen LogP contribution in [0.2, 0.25) is 0 Å². The first-order valence-electron chi connectivity index (χ1n) is 5.08. The fraction of sp³-hybridized carbons (Fsp3) is 0.889. The molecule has 14 heavy (non-hydrogen) atoms. The van der Waals surface area contributed by atoms with E-state index in [0.717, 1.165) is 12.8 Å². The predicted molar refractivity (Wildman–Crippen MR) is 50.1 cm³/mol. The molecule has 1 saturated heterocycles. The van der Waals surface area contributed by atoms with Crippen molar-refractivity contribution in [2.45, 2.75) is 25.0 Å². The topological polar surface area (TPSA) is 59.6 Å². The average molecular weight is 200 g/mol. The molecule has 0 aromatic heterocycles. The number of amides is 2. The van der Waals surface area contributed by atoms with Gasteiger partial charge in [0.1, 0.15) is 0 Å². The molecule has 5 nitrogen and oxygen atoms in total. The van der Waals surface area contributed by atoms with Crippen molar-refractivity contribution in [2.75, 3.05) is 26.4 Å². The zero-order chi connectivity index (χ0) is 9.80. The molecule has 1 aliphatic carbocycles. The summed E-state index contributed by atoms with van der Waals surface area (Å²) in [6.07, 6.45) is 2.22. The van der Waals surface area contributed by atoms with Crippen molar-refractivity contribution < 1.29 is 14.3 Å². The smallest absolute Gasteiger partial charge is 0.315 e. The Hall–Kier alpha value is -0.810. The zero-order valence-electron chi connectivity index (χ0n) is 8.12. The lowest BCUT2D eigenvalue weighted by Gasteiger charge is -2.23. The molecule has 1 saturated carbocycles. The van der Waals surface area contributed by atoms with Gasteiger partial charge in [-0.2, -0.15) is 0 Å². The standard InChI is InChI=1S/C9H16N2O3/c12-9(11-7-1-2-7)10-5-8-6-13-3-4-14-8/h7-8H,1-6H2,(H2,10,11,12). The summed E-state index contributed by atoms with van der Waals surface area (Å²) < 4.78 is 10.6. The van der Waals surface area contributed by atoms with Crippen LogP contribution in [0.3, 0.4) is 0 Å². The molecule has 2 rings (SSSR count). The molecule has 2 aliphatic rings. The highest BCUT2D eigenvalue weighted by Gasteiger charge is 2.23. The van der Waals surface area contributed by atoms with E-state index in [2.05, 4.69) is 10.6 Å². The molecule has 0 aromatic rings. The van der Waals surface area contributed by atoms with Gasteiger partial charge in [-0.05, 0) is 12.8 Å². The van der Waals surface area contributed by atoms with Gasteiger partial charge in [0.25, 0.3) is 0 Å². The number of hydrogen-bond acceptors (Lipinski definition) is 3. The van der Waals surface area contributed by atoms with Crippen LogP contribution in [0, 0.1) is 0 Å². The van der Waals surface area contributed by atoms with Gasteiger partial charge in [0, 0.05) is 12.6 Å². The first-order valence-corrected chi connectivity index (χ1v) is 5.08. The van der Waals surface area contributed by atoms with Crippen LogP contribution in [0.15, 0.2) is 0 Å². The van der Waals surface area contributed by atoms with Crippen LogP contribution in [0.1, 0.15) is 12.8 Å². The number of rotatable bonds is 3. The van der Waals surface area contributed by atoms with E-state index >= 15 is 0 Å². The Bertz CT molecular complexity index is 200. The number of urea groups is 1. The quantitative estimate of drug-likeness (QED) is 0.667. The third kappa shape index (κ3) is 3.16. The minimum atomic E-state index is -0.0957. The second kappa shape index (κ2) is 4.61. The molecule has 2 N–H and O–H groups in total. The van der Waals surface area contributed by atoms with E-state index in [9.17, 15) is 4.79 Å². The van der Waals surface area contributed by atoms with Gasteiger partial charge < -0.3 is 20.1 Å². The molecular formula is C9H16N2O3. The predicted octanol–water partition coefficient (Wildman–Crippen LogP) is -0.137. The van der Waals surface area contributed by atoms with Gasteiger partial charge in [-0.25, -0.2) is 4.79 Å². The minimum absolute atomic E-state index is 0.00806. The van der Waals surface area contributed by atoms with E-state index in [1.54, 1.807) is 0 Å². The van der Waals surface area contributed by atoms with Gasteiger partial charge in [-0.15, -0.1) is 0 Å². The maximum atomic E-state index is 11.2. The summed E-state index contributed by atoms with van der Waals surface area (Å²) in [5.41, 5.74) is 0. The molecule has 1 heterocycles. The van der Waals surface area contributed by atoms with E-state index in [1.807, 2.05) is 0 Å². The molecule has 80 valence electrons. The number of ether oxygens (including phenoxy) is 2. The number of nitrogens with one attached hydrogen (secondary N) is 2. The van der Waals surface area contributed by atoms with Gasteiger partial charge in [0.15, 0.2) is 0 Å². The molecule has 5 heteroatoms. The van der Waals surface area contributed by atoms with Crippen molar-refractivity contribution in [1.82, 2.24) is 10.6 Å². The van der Waals surface area contributed by atoms with Gasteiger partial charge >= 0.3 is 6.03 Å². The summed E-state index contributed by atoms with van der Waals surface area (Å²) >= 11 is 0. The molecule has 1 atom stereocenters. The first-order chi connectivity index (χ1) is 6.84. The van der Waals surface area contributed by atoms with Crippen LogP contribution in [0.25, 0.3) is 0 Å². The second-order valence-corrected chi connectivity index (χ2v) is 3.70. The monoisotopic (exact) mass is 200 g/mol. The van der Waals surface area contributed by atoms with Crippen LogP contribution >= 0.6 is 0 Å².